The summed E-state index contributed by atoms with van der Waals surface area (Å²) in [5.74, 6) is -0.0671. The summed E-state index contributed by atoms with van der Waals surface area (Å²) in [6.07, 6.45) is 11.5. The normalized spacial score (nSPS) is 29.7. The summed E-state index contributed by atoms with van der Waals surface area (Å²) in [6.45, 7) is 6.92. The van der Waals surface area contributed by atoms with Crippen LogP contribution in [-0.4, -0.2) is 76.6 Å². The van der Waals surface area contributed by atoms with Crippen LogP contribution in [0.5, 0.6) is 5.75 Å². The van der Waals surface area contributed by atoms with Crippen molar-refractivity contribution in [2.75, 3.05) is 44.0 Å². The number of hydrogen-bond donors (Lipinski definition) is 1. The Bertz CT molecular complexity index is 2180. The highest BCUT2D eigenvalue weighted by molar-refractivity contribution is 7.92. The van der Waals surface area contributed by atoms with E-state index in [9.17, 15) is 18.6 Å². The van der Waals surface area contributed by atoms with Gasteiger partial charge in [-0.25, -0.2) is 4.21 Å². The average molecular weight is 788 g/mol. The number of amides is 3. The van der Waals surface area contributed by atoms with Gasteiger partial charge in [0, 0.05) is 68.1 Å². The van der Waals surface area contributed by atoms with Crippen molar-refractivity contribution in [2.45, 2.75) is 77.0 Å². The molecule has 0 saturated heterocycles. The lowest BCUT2D eigenvalue weighted by molar-refractivity contribution is -0.130. The molecule has 3 amide bonds. The van der Waals surface area contributed by atoms with Gasteiger partial charge in [0.1, 0.15) is 15.7 Å². The van der Waals surface area contributed by atoms with Gasteiger partial charge in [0.05, 0.1) is 36.3 Å². The van der Waals surface area contributed by atoms with Crippen LogP contribution in [0.4, 0.5) is 5.69 Å². The van der Waals surface area contributed by atoms with Crippen LogP contribution < -0.4 is 14.4 Å². The molecule has 2 bridgehead atoms. The lowest BCUT2D eigenvalue weighted by Crippen LogP contribution is -2.49. The molecule has 1 aromatic heterocycles. The molecule has 5 aliphatic rings. The molecule has 55 heavy (non-hydrogen) atoms. The van der Waals surface area contributed by atoms with Gasteiger partial charge >= 0.3 is 0 Å². The van der Waals surface area contributed by atoms with E-state index in [-0.39, 0.29) is 34.7 Å². The van der Waals surface area contributed by atoms with Gasteiger partial charge in [0.25, 0.3) is 11.8 Å². The number of nitrogens with one attached hydrogen (secondary N) is 1. The third-order valence-corrected chi connectivity index (χ3v) is 14.6. The molecule has 0 radical (unpaired) electrons. The number of hydrogen-bond acceptors (Lipinski definition) is 7. The fourth-order valence-electron chi connectivity index (χ4n) is 9.36. The van der Waals surface area contributed by atoms with Crippen molar-refractivity contribution in [3.63, 3.8) is 0 Å². The standard InChI is InChI=1S/C42H50ClN5O6S/c1-27-6-4-8-38(53-3)35-12-9-31(35)21-48-25-42(15-5-7-29-18-33(43)11-13-36(29)42)26-54-39-14-10-30(20-37(39)48)40(50)44-55(52,24-27)45-41(51)32-19-34-23-46(28(2)49)16-17-47(34)22-32/h4,8,10-11,13-14,18-20,22,27,31,35,38H,5-7,9,12,15-17,21,23-26H2,1-3H3,(H,44,45,50,51,52)/b8-4+/t27-,31-,35+,38-,42-,55?/m0/s1. The van der Waals surface area contributed by atoms with E-state index in [1.54, 1.807) is 30.3 Å². The number of aryl methyl sites for hydroxylation is 1. The number of methoxy groups -OCH3 is 1. The maximum Gasteiger partial charge on any atom is 0.286 e. The van der Waals surface area contributed by atoms with E-state index in [1.165, 1.54) is 18.1 Å². The number of anilines is 1. The van der Waals surface area contributed by atoms with Crippen LogP contribution >= 0.6 is 11.6 Å². The van der Waals surface area contributed by atoms with Gasteiger partial charge in [0.15, 0.2) is 0 Å². The van der Waals surface area contributed by atoms with Crippen molar-refractivity contribution in [2.24, 2.45) is 22.1 Å². The van der Waals surface area contributed by atoms with Crippen LogP contribution in [0.1, 0.15) is 83.5 Å². The van der Waals surface area contributed by atoms with Gasteiger partial charge in [-0.2, -0.15) is 0 Å². The molecule has 3 aliphatic heterocycles. The number of aromatic nitrogens is 1. The molecule has 1 saturated carbocycles. The van der Waals surface area contributed by atoms with Gasteiger partial charge in [-0.3, -0.25) is 19.1 Å². The summed E-state index contributed by atoms with van der Waals surface area (Å²) in [5.41, 5.74) is 4.46. The summed E-state index contributed by atoms with van der Waals surface area (Å²) in [4.78, 5) is 44.0. The molecule has 1 N–H and O–H groups in total. The van der Waals surface area contributed by atoms with Crippen LogP contribution in [0.15, 0.2) is 65.2 Å². The Kier molecular flexibility index (Phi) is 10.4. The van der Waals surface area contributed by atoms with E-state index in [2.05, 4.69) is 38.3 Å². The second-order valence-corrected chi connectivity index (χ2v) is 18.7. The maximum absolute atomic E-state index is 14.8. The van der Waals surface area contributed by atoms with Gasteiger partial charge in [-0.15, -0.1) is 4.36 Å². The van der Waals surface area contributed by atoms with Crippen molar-refractivity contribution in [1.29, 1.82) is 0 Å². The zero-order valence-electron chi connectivity index (χ0n) is 31.8. The van der Waals surface area contributed by atoms with E-state index < -0.39 is 21.7 Å². The number of rotatable bonds is 3. The van der Waals surface area contributed by atoms with Crippen molar-refractivity contribution in [3.8, 4) is 5.75 Å². The van der Waals surface area contributed by atoms with E-state index in [0.717, 1.165) is 55.1 Å². The van der Waals surface area contributed by atoms with Crippen molar-refractivity contribution in [3.05, 3.63) is 93.8 Å². The fraction of sp³-hybridized carbons (Fsp3) is 0.500. The molecular formula is C42H50ClN5O6S. The maximum atomic E-state index is 14.8. The zero-order valence-corrected chi connectivity index (χ0v) is 33.4. The second kappa shape index (κ2) is 15.1. The van der Waals surface area contributed by atoms with Crippen LogP contribution in [0.3, 0.4) is 0 Å². The highest BCUT2D eigenvalue weighted by Gasteiger charge is 2.44. The highest BCUT2D eigenvalue weighted by Crippen LogP contribution is 2.47. The average Bonchev–Trinajstić information content (AvgIpc) is 3.51. The van der Waals surface area contributed by atoms with Crippen molar-refractivity contribution >= 4 is 44.9 Å². The molecule has 8 rings (SSSR count). The molecule has 1 fully saturated rings. The summed E-state index contributed by atoms with van der Waals surface area (Å²) in [5, 5.41) is 0.734. The molecule has 292 valence electrons. The smallest absolute Gasteiger partial charge is 0.286 e. The van der Waals surface area contributed by atoms with E-state index in [1.807, 2.05) is 29.7 Å². The summed E-state index contributed by atoms with van der Waals surface area (Å²) in [7, 11) is -1.82. The summed E-state index contributed by atoms with van der Waals surface area (Å²) in [6, 6.07) is 13.3. The second-order valence-electron chi connectivity index (χ2n) is 16.2. The van der Waals surface area contributed by atoms with E-state index >= 15 is 0 Å². The van der Waals surface area contributed by atoms with Gasteiger partial charge in [-0.1, -0.05) is 36.7 Å². The molecule has 11 nitrogen and oxygen atoms in total. The number of halogens is 1. The van der Waals surface area contributed by atoms with Crippen molar-refractivity contribution < 1.29 is 28.1 Å². The molecule has 2 aromatic carbocycles. The molecule has 1 spiro atoms. The number of fused-ring (bicyclic) bond motifs is 5. The number of carbonyl (C=O) groups is 3. The third-order valence-electron chi connectivity index (χ3n) is 12.4. The highest BCUT2D eigenvalue weighted by atomic mass is 35.5. The third kappa shape index (κ3) is 7.57. The monoisotopic (exact) mass is 787 g/mol. The van der Waals surface area contributed by atoms with E-state index in [4.69, 9.17) is 21.1 Å². The number of carbonyl (C=O) groups excluding carboxylic acids is 3. The van der Waals surface area contributed by atoms with Crippen molar-refractivity contribution in [1.82, 2.24) is 14.2 Å². The first-order chi connectivity index (χ1) is 26.4. The number of ether oxygens (including phenoxy) is 2. The minimum atomic E-state index is -3.58. The molecule has 2 aliphatic carbocycles. The van der Waals surface area contributed by atoms with Gasteiger partial charge in [0.2, 0.25) is 5.91 Å². The Morgan fingerprint density at radius 2 is 1.98 bits per heavy atom. The van der Waals surface area contributed by atoms with Gasteiger partial charge in [-0.05, 0) is 104 Å². The van der Waals surface area contributed by atoms with E-state index in [0.29, 0.717) is 62.4 Å². The molecule has 3 aromatic rings. The number of allylic oxidation sites excluding steroid dienone is 1. The molecule has 1 unspecified atom stereocenters. The Labute approximate surface area is 328 Å². The summed E-state index contributed by atoms with van der Waals surface area (Å²) < 4.78 is 36.5. The number of benzene rings is 2. The summed E-state index contributed by atoms with van der Waals surface area (Å²) >= 11 is 6.47. The fourth-order valence-corrected chi connectivity index (χ4v) is 11.4. The first-order valence-corrected chi connectivity index (χ1v) is 21.5. The largest absolute Gasteiger partial charge is 0.490 e. The molecule has 4 heterocycles. The Morgan fingerprint density at radius 3 is 2.76 bits per heavy atom. The minimum Gasteiger partial charge on any atom is -0.490 e. The van der Waals surface area contributed by atoms with Gasteiger partial charge < -0.3 is 23.8 Å². The predicted octanol–water partition coefficient (Wildman–Crippen LogP) is 6.57. The number of nitrogens with zero attached hydrogens (tertiary/aromatic N) is 4. The molecular weight excluding hydrogens is 738 g/mol. The molecule has 6 atom stereocenters. The lowest BCUT2D eigenvalue weighted by Gasteiger charge is -2.46. The Hall–Kier alpha value is -4.13. The van der Waals surface area contributed by atoms with Crippen LogP contribution in [-0.2, 0) is 44.4 Å². The Morgan fingerprint density at radius 1 is 1.13 bits per heavy atom. The lowest BCUT2D eigenvalue weighted by atomic mass is 9.68. The first-order valence-electron chi connectivity index (χ1n) is 19.5. The van der Waals surface area contributed by atoms with Crippen LogP contribution in [0.25, 0.3) is 0 Å². The first kappa shape index (κ1) is 37.8. The Balaban J connectivity index is 1.16. The quantitative estimate of drug-likeness (QED) is 0.298. The zero-order chi connectivity index (χ0) is 38.5. The predicted molar refractivity (Wildman–Crippen MR) is 213 cm³/mol. The minimum absolute atomic E-state index is 0.0175. The molecule has 13 heteroatoms. The van der Waals surface area contributed by atoms with Crippen LogP contribution in [0.2, 0.25) is 5.02 Å². The van der Waals surface area contributed by atoms with Crippen LogP contribution in [0, 0.1) is 17.8 Å². The topological polar surface area (TPSA) is 123 Å². The SMILES string of the molecule is CO[C@H]1/C=C/C[C@H](C)CS(=O)(NC(=O)c2cc3n(c2)CCN(C(C)=O)C3)=NC(=O)c2ccc3c(c2)N(C[C@@H]2CC[C@H]21)C[C@@]1(CCCc2cc(Cl)ccc21)CO3.